The molecule has 2 aromatic rings. The zero-order chi connectivity index (χ0) is 9.26. The molecule has 13 heavy (non-hydrogen) atoms. The summed E-state index contributed by atoms with van der Waals surface area (Å²) in [4.78, 5) is 4.26. The Morgan fingerprint density at radius 3 is 2.85 bits per heavy atom. The predicted molar refractivity (Wildman–Crippen MR) is 60.0 cm³/mol. The van der Waals surface area contributed by atoms with Crippen molar-refractivity contribution < 1.29 is 0 Å². The molecule has 66 valence electrons. The van der Waals surface area contributed by atoms with Crippen molar-refractivity contribution in [2.75, 3.05) is 0 Å². The number of halogens is 1. The van der Waals surface area contributed by atoms with E-state index in [1.807, 2.05) is 5.51 Å². The maximum absolute atomic E-state index is 4.26. The molecule has 3 heteroatoms. The molecule has 0 fully saturated rings. The second-order valence-electron chi connectivity index (χ2n) is 2.84. The fraction of sp³-hybridized carbons (Fsp3) is 0.100. The first kappa shape index (κ1) is 8.91. The molecule has 0 spiro atoms. The van der Waals surface area contributed by atoms with Crippen molar-refractivity contribution in [3.8, 4) is 11.3 Å². The summed E-state index contributed by atoms with van der Waals surface area (Å²) in [5.41, 5.74) is 5.33. The van der Waals surface area contributed by atoms with Gasteiger partial charge in [-0.2, -0.15) is 0 Å². The number of thiazole rings is 1. The van der Waals surface area contributed by atoms with Gasteiger partial charge in [0, 0.05) is 15.4 Å². The van der Waals surface area contributed by atoms with Crippen molar-refractivity contribution in [2.45, 2.75) is 6.92 Å². The maximum Gasteiger partial charge on any atom is 0.0811 e. The average molecular weight is 254 g/mol. The molecule has 0 saturated carbocycles. The van der Waals surface area contributed by atoms with Gasteiger partial charge in [0.1, 0.15) is 0 Å². The van der Waals surface area contributed by atoms with Crippen LogP contribution >= 0.6 is 27.3 Å². The van der Waals surface area contributed by atoms with Crippen LogP contribution in [-0.2, 0) is 0 Å². The van der Waals surface area contributed by atoms with E-state index in [0.29, 0.717) is 0 Å². The van der Waals surface area contributed by atoms with Crippen molar-refractivity contribution in [1.82, 2.24) is 4.98 Å². The summed E-state index contributed by atoms with van der Waals surface area (Å²) in [7, 11) is 0. The lowest BCUT2D eigenvalue weighted by Crippen LogP contribution is -1.80. The van der Waals surface area contributed by atoms with E-state index >= 15 is 0 Å². The largest absolute Gasteiger partial charge is 0.245 e. The van der Waals surface area contributed by atoms with Gasteiger partial charge in [-0.25, -0.2) is 4.98 Å². The lowest BCUT2D eigenvalue weighted by Gasteiger charge is -2.00. The standard InChI is InChI=1S/C10H8BrNS/c1-7-4-8(2-3-9(7)11)10-5-13-6-12-10/h2-6H,1H3. The number of aromatic nitrogens is 1. The van der Waals surface area contributed by atoms with Crippen molar-refractivity contribution in [3.05, 3.63) is 39.1 Å². The van der Waals surface area contributed by atoms with E-state index in [2.05, 4.69) is 51.4 Å². The highest BCUT2D eigenvalue weighted by Gasteiger charge is 2.01. The maximum atomic E-state index is 4.26. The minimum Gasteiger partial charge on any atom is -0.245 e. The highest BCUT2D eigenvalue weighted by molar-refractivity contribution is 9.10. The number of hydrogen-bond acceptors (Lipinski definition) is 2. The quantitative estimate of drug-likeness (QED) is 0.752. The van der Waals surface area contributed by atoms with Gasteiger partial charge in [-0.1, -0.05) is 22.0 Å². The monoisotopic (exact) mass is 253 g/mol. The third-order valence-electron chi connectivity index (χ3n) is 1.89. The van der Waals surface area contributed by atoms with E-state index in [9.17, 15) is 0 Å². The van der Waals surface area contributed by atoms with Gasteiger partial charge < -0.3 is 0 Å². The van der Waals surface area contributed by atoms with E-state index < -0.39 is 0 Å². The summed E-state index contributed by atoms with van der Waals surface area (Å²) in [6.07, 6.45) is 0. The van der Waals surface area contributed by atoms with Crippen LogP contribution in [-0.4, -0.2) is 4.98 Å². The fourth-order valence-electron chi connectivity index (χ4n) is 1.16. The highest BCUT2D eigenvalue weighted by Crippen LogP contribution is 2.24. The molecule has 0 radical (unpaired) electrons. The SMILES string of the molecule is Cc1cc(-c2cscn2)ccc1Br. The lowest BCUT2D eigenvalue weighted by molar-refractivity contribution is 1.37. The topological polar surface area (TPSA) is 12.9 Å². The Morgan fingerprint density at radius 1 is 1.38 bits per heavy atom. The Hall–Kier alpha value is -0.670. The first-order valence-corrected chi connectivity index (χ1v) is 5.65. The molecule has 0 aliphatic heterocycles. The van der Waals surface area contributed by atoms with Crippen LogP contribution in [0.1, 0.15) is 5.56 Å². The van der Waals surface area contributed by atoms with E-state index in [0.717, 1.165) is 10.2 Å². The van der Waals surface area contributed by atoms with E-state index in [4.69, 9.17) is 0 Å². The van der Waals surface area contributed by atoms with E-state index in [-0.39, 0.29) is 0 Å². The van der Waals surface area contributed by atoms with Crippen LogP contribution in [0.3, 0.4) is 0 Å². The van der Waals surface area contributed by atoms with Gasteiger partial charge in [0.05, 0.1) is 11.2 Å². The molecule has 1 heterocycles. The zero-order valence-corrected chi connectivity index (χ0v) is 9.52. The summed E-state index contributed by atoms with van der Waals surface area (Å²) in [6.45, 7) is 2.08. The van der Waals surface area contributed by atoms with Crippen LogP contribution in [0, 0.1) is 6.92 Å². The molecule has 0 aliphatic rings. The first-order valence-electron chi connectivity index (χ1n) is 3.92. The second-order valence-corrected chi connectivity index (χ2v) is 4.41. The molecule has 1 aromatic carbocycles. The van der Waals surface area contributed by atoms with Crippen LogP contribution in [0.5, 0.6) is 0 Å². The molecule has 0 bridgehead atoms. The molecular weight excluding hydrogens is 246 g/mol. The smallest absolute Gasteiger partial charge is 0.0811 e. The second kappa shape index (κ2) is 3.60. The van der Waals surface area contributed by atoms with Gasteiger partial charge in [0.15, 0.2) is 0 Å². The average Bonchev–Trinajstić information content (AvgIpc) is 2.62. The summed E-state index contributed by atoms with van der Waals surface area (Å²) >= 11 is 5.10. The number of nitrogens with zero attached hydrogens (tertiary/aromatic N) is 1. The zero-order valence-electron chi connectivity index (χ0n) is 7.12. The third-order valence-corrected chi connectivity index (χ3v) is 3.36. The number of aryl methyl sites for hydroxylation is 1. The summed E-state index contributed by atoms with van der Waals surface area (Å²) in [6, 6.07) is 6.27. The van der Waals surface area contributed by atoms with Crippen molar-refractivity contribution in [3.63, 3.8) is 0 Å². The minimum absolute atomic E-state index is 1.06. The number of benzene rings is 1. The van der Waals surface area contributed by atoms with Crippen LogP contribution in [0.4, 0.5) is 0 Å². The van der Waals surface area contributed by atoms with Crippen LogP contribution in [0.25, 0.3) is 11.3 Å². The third kappa shape index (κ3) is 1.81. The molecule has 0 saturated heterocycles. The van der Waals surface area contributed by atoms with Crippen LogP contribution < -0.4 is 0 Å². The number of rotatable bonds is 1. The molecule has 1 nitrogen and oxygen atoms in total. The fourth-order valence-corrected chi connectivity index (χ4v) is 1.97. The van der Waals surface area contributed by atoms with Gasteiger partial charge in [0.25, 0.3) is 0 Å². The Balaban J connectivity index is 2.49. The molecule has 0 unspecified atom stereocenters. The minimum atomic E-state index is 1.06. The Labute approximate surface area is 89.6 Å². The van der Waals surface area contributed by atoms with Crippen molar-refractivity contribution in [1.29, 1.82) is 0 Å². The molecule has 0 atom stereocenters. The highest BCUT2D eigenvalue weighted by atomic mass is 79.9. The molecule has 0 aliphatic carbocycles. The Morgan fingerprint density at radius 2 is 2.23 bits per heavy atom. The van der Waals surface area contributed by atoms with Gasteiger partial charge in [-0.15, -0.1) is 11.3 Å². The van der Waals surface area contributed by atoms with Gasteiger partial charge in [0.2, 0.25) is 0 Å². The van der Waals surface area contributed by atoms with Crippen molar-refractivity contribution >= 4 is 27.3 Å². The predicted octanol–water partition coefficient (Wildman–Crippen LogP) is 3.88. The Bertz CT molecular complexity index is 409. The van der Waals surface area contributed by atoms with Crippen LogP contribution in [0.15, 0.2) is 33.6 Å². The van der Waals surface area contributed by atoms with Gasteiger partial charge in [-0.3, -0.25) is 0 Å². The molecule has 0 amide bonds. The first-order chi connectivity index (χ1) is 6.27. The molecular formula is C10H8BrNS. The molecule has 0 N–H and O–H groups in total. The number of hydrogen-bond donors (Lipinski definition) is 0. The van der Waals surface area contributed by atoms with E-state index in [1.54, 1.807) is 11.3 Å². The van der Waals surface area contributed by atoms with Gasteiger partial charge >= 0.3 is 0 Å². The van der Waals surface area contributed by atoms with E-state index in [1.165, 1.54) is 11.1 Å². The van der Waals surface area contributed by atoms with Crippen LogP contribution in [0.2, 0.25) is 0 Å². The lowest BCUT2D eigenvalue weighted by atomic mass is 10.1. The molecule has 1 aromatic heterocycles. The normalized spacial score (nSPS) is 10.3. The summed E-state index contributed by atoms with van der Waals surface area (Å²) in [5, 5.41) is 2.06. The van der Waals surface area contributed by atoms with Crippen molar-refractivity contribution in [2.24, 2.45) is 0 Å². The summed E-state index contributed by atoms with van der Waals surface area (Å²) in [5.74, 6) is 0. The summed E-state index contributed by atoms with van der Waals surface area (Å²) < 4.78 is 1.14. The Kier molecular flexibility index (Phi) is 2.47. The molecule has 2 rings (SSSR count). The van der Waals surface area contributed by atoms with Gasteiger partial charge in [-0.05, 0) is 24.6 Å².